The van der Waals surface area contributed by atoms with E-state index in [1.54, 1.807) is 36.2 Å². The number of halogens is 3. The Morgan fingerprint density at radius 2 is 1.89 bits per heavy atom. The van der Waals surface area contributed by atoms with Gasteiger partial charge in [-0.2, -0.15) is 13.2 Å². The first-order valence-electron chi connectivity index (χ1n) is 11.0. The van der Waals surface area contributed by atoms with Gasteiger partial charge in [-0.25, -0.2) is 9.59 Å². The Morgan fingerprint density at radius 1 is 1.14 bits per heavy atom. The van der Waals surface area contributed by atoms with Gasteiger partial charge in [-0.05, 0) is 49.2 Å². The van der Waals surface area contributed by atoms with Crippen molar-refractivity contribution >= 4 is 28.6 Å². The smallest absolute Gasteiger partial charge is 0.313 e. The van der Waals surface area contributed by atoms with E-state index in [2.05, 4.69) is 20.2 Å². The van der Waals surface area contributed by atoms with Crippen LogP contribution in [-0.4, -0.2) is 38.0 Å². The number of pyridine rings is 1. The van der Waals surface area contributed by atoms with Crippen molar-refractivity contribution < 1.29 is 27.6 Å². The zero-order valence-electron chi connectivity index (χ0n) is 19.2. The molecule has 5 rings (SSSR count). The minimum atomic E-state index is -5.21. The number of nitrogens with zero attached hydrogens (tertiary/aromatic N) is 4. The van der Waals surface area contributed by atoms with Crippen LogP contribution in [0.4, 0.5) is 23.7 Å². The average molecular weight is 495 g/mol. The molecule has 184 valence electrons. The highest BCUT2D eigenvalue weighted by atomic mass is 19.4. The van der Waals surface area contributed by atoms with Gasteiger partial charge in [-0.3, -0.25) is 4.98 Å². The number of aromatic nitrogens is 3. The molecule has 2 aromatic carbocycles. The topological polar surface area (TPSA) is 89.4 Å². The third-order valence-corrected chi connectivity index (χ3v) is 6.04. The molecule has 36 heavy (non-hydrogen) atoms. The Bertz CT molecular complexity index is 1480. The van der Waals surface area contributed by atoms with Gasteiger partial charge in [0, 0.05) is 28.5 Å². The van der Waals surface area contributed by atoms with E-state index in [9.17, 15) is 22.8 Å². The number of nitrogens with one attached hydrogen (secondary N) is 1. The second kappa shape index (κ2) is 8.67. The van der Waals surface area contributed by atoms with Crippen molar-refractivity contribution in [3.63, 3.8) is 0 Å². The van der Waals surface area contributed by atoms with Crippen molar-refractivity contribution in [3.8, 4) is 11.3 Å². The lowest BCUT2D eigenvalue weighted by Crippen LogP contribution is -2.40. The molecule has 1 N–H and O–H groups in total. The predicted molar refractivity (Wildman–Crippen MR) is 125 cm³/mol. The molecule has 3 heterocycles. The maximum atomic E-state index is 12.9. The van der Waals surface area contributed by atoms with Crippen molar-refractivity contribution in [1.29, 1.82) is 0 Å². The molecule has 0 saturated heterocycles. The highest BCUT2D eigenvalue weighted by molar-refractivity contribution is 6.00. The number of hydrogen-bond acceptors (Lipinski definition) is 5. The molecule has 8 nitrogen and oxygen atoms in total. The molecule has 0 unspecified atom stereocenters. The van der Waals surface area contributed by atoms with Crippen molar-refractivity contribution in [2.24, 2.45) is 0 Å². The lowest BCUT2D eigenvalue weighted by atomic mass is 10.0. The Hall–Kier alpha value is -4.41. The number of aryl methyl sites for hydroxylation is 1. The number of carbonyl (C=O) groups is 2. The van der Waals surface area contributed by atoms with Gasteiger partial charge in [0.1, 0.15) is 11.2 Å². The fraction of sp³-hybridized carbons (Fsp3) is 0.200. The van der Waals surface area contributed by atoms with Gasteiger partial charge in [0.05, 0.1) is 12.6 Å². The molecule has 0 fully saturated rings. The number of carbonyl (C=O) groups excluding carboxylic acids is 2. The zero-order valence-corrected chi connectivity index (χ0v) is 19.2. The number of amides is 2. The third kappa shape index (κ3) is 4.23. The molecule has 0 aliphatic carbocycles. The van der Waals surface area contributed by atoms with Crippen LogP contribution in [0, 0.1) is 6.92 Å². The molecule has 0 spiro atoms. The maximum absolute atomic E-state index is 12.9. The summed E-state index contributed by atoms with van der Waals surface area (Å²) in [4.78, 5) is 35.4. The van der Waals surface area contributed by atoms with Crippen molar-refractivity contribution in [1.82, 2.24) is 19.8 Å². The van der Waals surface area contributed by atoms with Crippen molar-refractivity contribution in [2.45, 2.75) is 32.6 Å². The molecule has 2 aromatic heterocycles. The number of anilines is 1. The fourth-order valence-electron chi connectivity index (χ4n) is 4.20. The summed E-state index contributed by atoms with van der Waals surface area (Å²) in [7, 11) is 0. The van der Waals surface area contributed by atoms with E-state index < -0.39 is 12.1 Å². The van der Waals surface area contributed by atoms with E-state index >= 15 is 0 Å². The summed E-state index contributed by atoms with van der Waals surface area (Å²) in [6.07, 6.45) is -3.65. The zero-order chi connectivity index (χ0) is 25.6. The Labute approximate surface area is 203 Å². The molecule has 0 radical (unpaired) electrons. The normalized spacial score (nSPS) is 14.4. The molecule has 1 aliphatic heterocycles. The number of alkyl halides is 3. The number of benzene rings is 2. The first-order valence-corrected chi connectivity index (χ1v) is 11.0. The second-order valence-electron chi connectivity index (χ2n) is 8.46. The SMILES string of the molecule is Cc1cc(-c2nn(OC(=O)C(F)(F)F)c3cc4c(cc23)CN([C@H](C)c2ccccc2)C(=O)N4)ccn1. The summed E-state index contributed by atoms with van der Waals surface area (Å²) in [6.45, 7) is 3.94. The van der Waals surface area contributed by atoms with E-state index in [-0.39, 0.29) is 24.1 Å². The third-order valence-electron chi connectivity index (χ3n) is 6.04. The van der Waals surface area contributed by atoms with Gasteiger partial charge in [0.25, 0.3) is 0 Å². The van der Waals surface area contributed by atoms with Crippen molar-refractivity contribution in [2.75, 3.05) is 5.32 Å². The van der Waals surface area contributed by atoms with Crippen LogP contribution in [-0.2, 0) is 11.3 Å². The van der Waals surface area contributed by atoms with Crippen LogP contribution in [0.5, 0.6) is 0 Å². The molecule has 0 bridgehead atoms. The van der Waals surface area contributed by atoms with Crippen LogP contribution in [0.25, 0.3) is 22.2 Å². The monoisotopic (exact) mass is 495 g/mol. The average Bonchev–Trinajstić information content (AvgIpc) is 3.19. The van der Waals surface area contributed by atoms with Crippen LogP contribution in [0.3, 0.4) is 0 Å². The van der Waals surface area contributed by atoms with E-state index in [0.717, 1.165) is 11.1 Å². The first-order chi connectivity index (χ1) is 17.1. The number of hydrogen-bond donors (Lipinski definition) is 1. The lowest BCUT2D eigenvalue weighted by molar-refractivity contribution is -0.200. The first kappa shape index (κ1) is 23.3. The second-order valence-corrected chi connectivity index (χ2v) is 8.46. The van der Waals surface area contributed by atoms with Crippen LogP contribution in [0.15, 0.2) is 60.8 Å². The standard InChI is InChI=1S/C25H20F3N5O3/c1-14-10-17(8-9-29-14)22-19-11-18-13-32(15(2)16-6-4-3-5-7-16)24(35)30-20(18)12-21(19)33(31-22)36-23(34)25(26,27)28/h3-12,15H,13H2,1-2H3,(H,30,35)/t15-/m1/s1. The summed E-state index contributed by atoms with van der Waals surface area (Å²) >= 11 is 0. The summed E-state index contributed by atoms with van der Waals surface area (Å²) < 4.78 is 38.7. The quantitative estimate of drug-likeness (QED) is 0.429. The number of rotatable bonds is 4. The van der Waals surface area contributed by atoms with Gasteiger partial charge < -0.3 is 15.1 Å². The van der Waals surface area contributed by atoms with Gasteiger partial charge in [-0.1, -0.05) is 35.2 Å². The lowest BCUT2D eigenvalue weighted by Gasteiger charge is -2.34. The molecule has 4 aromatic rings. The Balaban J connectivity index is 1.61. The van der Waals surface area contributed by atoms with Gasteiger partial charge in [0.2, 0.25) is 0 Å². The maximum Gasteiger partial charge on any atom is 0.493 e. The molecule has 0 saturated carbocycles. The molecule has 11 heteroatoms. The van der Waals surface area contributed by atoms with Crippen LogP contribution >= 0.6 is 0 Å². The minimum Gasteiger partial charge on any atom is -0.313 e. The van der Waals surface area contributed by atoms with E-state index in [1.807, 2.05) is 37.3 Å². The molecule has 2 amide bonds. The van der Waals surface area contributed by atoms with E-state index in [4.69, 9.17) is 0 Å². The highest BCUT2D eigenvalue weighted by Gasteiger charge is 2.42. The molecule has 1 atom stereocenters. The Morgan fingerprint density at radius 3 is 2.58 bits per heavy atom. The van der Waals surface area contributed by atoms with Crippen molar-refractivity contribution in [3.05, 3.63) is 77.6 Å². The highest BCUT2D eigenvalue weighted by Crippen LogP contribution is 2.36. The largest absolute Gasteiger partial charge is 0.493 e. The van der Waals surface area contributed by atoms with Crippen LogP contribution in [0.2, 0.25) is 0 Å². The van der Waals surface area contributed by atoms with Gasteiger partial charge in [0.15, 0.2) is 0 Å². The van der Waals surface area contributed by atoms with Crippen LogP contribution in [0.1, 0.15) is 29.8 Å². The molecular formula is C25H20F3N5O3. The summed E-state index contributed by atoms with van der Waals surface area (Å²) in [5.74, 6) is -2.41. The molecular weight excluding hydrogens is 475 g/mol. The Kier molecular flexibility index (Phi) is 5.62. The predicted octanol–water partition coefficient (Wildman–Crippen LogP) is 5.03. The van der Waals surface area contributed by atoms with Gasteiger partial charge in [-0.15, -0.1) is 5.10 Å². The number of fused-ring (bicyclic) bond motifs is 2. The minimum absolute atomic E-state index is 0.0978. The van der Waals surface area contributed by atoms with E-state index in [0.29, 0.717) is 32.9 Å². The van der Waals surface area contributed by atoms with Gasteiger partial charge >= 0.3 is 18.2 Å². The molecule has 1 aliphatic rings. The van der Waals surface area contributed by atoms with Crippen LogP contribution < -0.4 is 10.2 Å². The van der Waals surface area contributed by atoms with E-state index in [1.165, 1.54) is 6.07 Å². The fourth-order valence-corrected chi connectivity index (χ4v) is 4.20. The number of urea groups is 1. The summed E-state index contributed by atoms with van der Waals surface area (Å²) in [6, 6.07) is 15.5. The summed E-state index contributed by atoms with van der Waals surface area (Å²) in [5, 5.41) is 7.42. The summed E-state index contributed by atoms with van der Waals surface area (Å²) in [5.41, 5.74) is 3.76.